The highest BCUT2D eigenvalue weighted by molar-refractivity contribution is 6.33. The van der Waals surface area contributed by atoms with Crippen molar-refractivity contribution in [1.29, 1.82) is 0 Å². The molecule has 2 N–H and O–H groups in total. The third-order valence-electron chi connectivity index (χ3n) is 1.45. The lowest BCUT2D eigenvalue weighted by atomic mass is 10.2. The van der Waals surface area contributed by atoms with Gasteiger partial charge in [-0.1, -0.05) is 11.6 Å². The Kier molecular flexibility index (Phi) is 3.03. The molecule has 0 atom stereocenters. The van der Waals surface area contributed by atoms with E-state index in [0.29, 0.717) is 6.29 Å². The molecule has 0 saturated heterocycles. The van der Waals surface area contributed by atoms with E-state index >= 15 is 0 Å². The summed E-state index contributed by atoms with van der Waals surface area (Å²) in [5.41, 5.74) is -0.277. The third kappa shape index (κ3) is 2.20. The second kappa shape index (κ2) is 4.06. The zero-order chi connectivity index (χ0) is 10.7. The number of aldehydes is 1. The minimum absolute atomic E-state index is 0.0248. The normalized spacial score (nSPS) is 9.57. The molecule has 0 spiro atoms. The van der Waals surface area contributed by atoms with Crippen molar-refractivity contribution in [2.24, 2.45) is 0 Å². The number of anilines is 1. The molecule has 4 nitrogen and oxygen atoms in total. The molecule has 1 amide bonds. The Morgan fingerprint density at radius 1 is 1.57 bits per heavy atom. The van der Waals surface area contributed by atoms with E-state index in [1.165, 1.54) is 0 Å². The van der Waals surface area contributed by atoms with Gasteiger partial charge in [-0.2, -0.15) is 0 Å². The van der Waals surface area contributed by atoms with Crippen LogP contribution in [-0.2, 0) is 0 Å². The van der Waals surface area contributed by atoms with Crippen molar-refractivity contribution in [3.8, 4) is 0 Å². The van der Waals surface area contributed by atoms with Crippen LogP contribution in [0.25, 0.3) is 0 Å². The smallest absolute Gasteiger partial charge is 0.409 e. The van der Waals surface area contributed by atoms with Gasteiger partial charge in [-0.25, -0.2) is 9.18 Å². The fourth-order valence-corrected chi connectivity index (χ4v) is 1.06. The van der Waals surface area contributed by atoms with E-state index in [9.17, 15) is 14.0 Å². The largest absolute Gasteiger partial charge is 0.465 e. The molecule has 0 aromatic heterocycles. The summed E-state index contributed by atoms with van der Waals surface area (Å²) in [6, 6.07) is 1.90. The van der Waals surface area contributed by atoms with Gasteiger partial charge in [0.15, 0.2) is 6.29 Å². The SMILES string of the molecule is O=Cc1cc(NC(=O)O)c(F)cc1Cl. The highest BCUT2D eigenvalue weighted by Crippen LogP contribution is 2.22. The lowest BCUT2D eigenvalue weighted by Crippen LogP contribution is -2.09. The second-order valence-electron chi connectivity index (χ2n) is 2.40. The van der Waals surface area contributed by atoms with Crippen LogP contribution < -0.4 is 5.32 Å². The van der Waals surface area contributed by atoms with Gasteiger partial charge < -0.3 is 5.11 Å². The van der Waals surface area contributed by atoms with E-state index in [4.69, 9.17) is 16.7 Å². The van der Waals surface area contributed by atoms with Crippen LogP contribution in [0.15, 0.2) is 12.1 Å². The summed E-state index contributed by atoms with van der Waals surface area (Å²) in [4.78, 5) is 20.6. The molecule has 0 aliphatic rings. The monoisotopic (exact) mass is 217 g/mol. The fraction of sp³-hybridized carbons (Fsp3) is 0. The molecular formula is C8H5ClFNO3. The van der Waals surface area contributed by atoms with Gasteiger partial charge in [0, 0.05) is 5.56 Å². The number of benzene rings is 1. The third-order valence-corrected chi connectivity index (χ3v) is 1.78. The average molecular weight is 218 g/mol. The predicted molar refractivity (Wildman–Crippen MR) is 48.4 cm³/mol. The summed E-state index contributed by atoms with van der Waals surface area (Å²) >= 11 is 5.49. The number of carbonyl (C=O) groups is 2. The Hall–Kier alpha value is -1.62. The van der Waals surface area contributed by atoms with E-state index in [1.807, 2.05) is 0 Å². The van der Waals surface area contributed by atoms with Gasteiger partial charge in [0.05, 0.1) is 10.7 Å². The van der Waals surface area contributed by atoms with Gasteiger partial charge in [-0.15, -0.1) is 0 Å². The Bertz CT molecular complexity index is 394. The highest BCUT2D eigenvalue weighted by Gasteiger charge is 2.09. The van der Waals surface area contributed by atoms with Crippen molar-refractivity contribution in [3.63, 3.8) is 0 Å². The van der Waals surface area contributed by atoms with E-state index in [0.717, 1.165) is 12.1 Å². The number of carboxylic acid groups (broad SMARTS) is 1. The van der Waals surface area contributed by atoms with Crippen molar-refractivity contribution in [2.45, 2.75) is 0 Å². The van der Waals surface area contributed by atoms with E-state index < -0.39 is 11.9 Å². The molecule has 0 aliphatic carbocycles. The summed E-state index contributed by atoms with van der Waals surface area (Å²) < 4.78 is 13.0. The molecule has 0 radical (unpaired) electrons. The predicted octanol–water partition coefficient (Wildman–Crippen LogP) is 2.38. The number of hydrogen-bond acceptors (Lipinski definition) is 2. The molecule has 0 heterocycles. The summed E-state index contributed by atoms with van der Waals surface area (Å²) in [7, 11) is 0. The number of carbonyl (C=O) groups excluding carboxylic acids is 1. The summed E-state index contributed by atoms with van der Waals surface area (Å²) in [6.07, 6.45) is -1.00. The van der Waals surface area contributed by atoms with Gasteiger partial charge in [0.2, 0.25) is 0 Å². The standard InChI is InChI=1S/C8H5ClFNO3/c9-5-2-6(10)7(11-8(13)14)1-4(5)3-12/h1-3,11H,(H,13,14). The first-order valence-electron chi connectivity index (χ1n) is 3.48. The van der Waals surface area contributed by atoms with Crippen LogP contribution in [0.4, 0.5) is 14.9 Å². The minimum Gasteiger partial charge on any atom is -0.465 e. The van der Waals surface area contributed by atoms with Crippen molar-refractivity contribution in [1.82, 2.24) is 0 Å². The quantitative estimate of drug-likeness (QED) is 0.748. The van der Waals surface area contributed by atoms with Gasteiger partial charge in [0.25, 0.3) is 0 Å². The Morgan fingerprint density at radius 2 is 2.21 bits per heavy atom. The number of amides is 1. The maximum Gasteiger partial charge on any atom is 0.409 e. The lowest BCUT2D eigenvalue weighted by molar-refractivity contribution is 0.112. The Morgan fingerprint density at radius 3 is 2.71 bits per heavy atom. The van der Waals surface area contributed by atoms with Crippen molar-refractivity contribution in [2.75, 3.05) is 5.32 Å². The summed E-state index contributed by atoms with van der Waals surface area (Å²) in [5, 5.41) is 10.1. The Balaban J connectivity index is 3.16. The zero-order valence-electron chi connectivity index (χ0n) is 6.75. The summed E-state index contributed by atoms with van der Waals surface area (Å²) in [6.45, 7) is 0. The molecule has 1 aromatic carbocycles. The molecule has 0 fully saturated rings. The van der Waals surface area contributed by atoms with Crippen LogP contribution in [0.1, 0.15) is 10.4 Å². The molecule has 6 heteroatoms. The molecular weight excluding hydrogens is 213 g/mol. The first-order chi connectivity index (χ1) is 6.54. The number of rotatable bonds is 2. The molecule has 74 valence electrons. The van der Waals surface area contributed by atoms with E-state index in [1.54, 1.807) is 5.32 Å². The van der Waals surface area contributed by atoms with Crippen LogP contribution in [-0.4, -0.2) is 17.5 Å². The van der Waals surface area contributed by atoms with Crippen molar-refractivity contribution in [3.05, 3.63) is 28.5 Å². The van der Waals surface area contributed by atoms with Gasteiger partial charge in [0.1, 0.15) is 5.82 Å². The molecule has 0 bridgehead atoms. The number of nitrogens with one attached hydrogen (secondary N) is 1. The lowest BCUT2D eigenvalue weighted by Gasteiger charge is -2.04. The Labute approximate surface area is 83.3 Å². The molecule has 0 saturated carbocycles. The van der Waals surface area contributed by atoms with Crippen LogP contribution in [0.5, 0.6) is 0 Å². The fourth-order valence-electron chi connectivity index (χ4n) is 0.867. The molecule has 0 aliphatic heterocycles. The average Bonchev–Trinajstić information content (AvgIpc) is 2.09. The van der Waals surface area contributed by atoms with E-state index in [2.05, 4.69) is 0 Å². The topological polar surface area (TPSA) is 66.4 Å². The first kappa shape index (κ1) is 10.5. The van der Waals surface area contributed by atoms with Crippen LogP contribution >= 0.6 is 11.6 Å². The molecule has 1 rings (SSSR count). The second-order valence-corrected chi connectivity index (χ2v) is 2.81. The van der Waals surface area contributed by atoms with Crippen LogP contribution in [0, 0.1) is 5.82 Å². The van der Waals surface area contributed by atoms with E-state index in [-0.39, 0.29) is 16.3 Å². The number of hydrogen-bond donors (Lipinski definition) is 2. The van der Waals surface area contributed by atoms with Crippen LogP contribution in [0.3, 0.4) is 0 Å². The number of halogens is 2. The molecule has 14 heavy (non-hydrogen) atoms. The molecule has 0 unspecified atom stereocenters. The van der Waals surface area contributed by atoms with Crippen molar-refractivity contribution < 1.29 is 19.1 Å². The molecule has 1 aromatic rings. The van der Waals surface area contributed by atoms with Gasteiger partial charge in [-0.05, 0) is 12.1 Å². The van der Waals surface area contributed by atoms with Gasteiger partial charge in [-0.3, -0.25) is 10.1 Å². The summed E-state index contributed by atoms with van der Waals surface area (Å²) in [5.74, 6) is -0.831. The first-order valence-corrected chi connectivity index (χ1v) is 3.86. The zero-order valence-corrected chi connectivity index (χ0v) is 7.51. The van der Waals surface area contributed by atoms with Crippen LogP contribution in [0.2, 0.25) is 5.02 Å². The highest BCUT2D eigenvalue weighted by atomic mass is 35.5. The maximum atomic E-state index is 13.0. The maximum absolute atomic E-state index is 13.0. The van der Waals surface area contributed by atoms with Gasteiger partial charge >= 0.3 is 6.09 Å². The minimum atomic E-state index is -1.41. The van der Waals surface area contributed by atoms with Crippen molar-refractivity contribution >= 4 is 29.7 Å².